The van der Waals surface area contributed by atoms with Gasteiger partial charge in [0, 0.05) is 6.42 Å². The second kappa shape index (κ2) is 8.76. The van der Waals surface area contributed by atoms with Crippen molar-refractivity contribution < 1.29 is 9.53 Å². The molecule has 0 saturated heterocycles. The zero-order valence-electron chi connectivity index (χ0n) is 11.0. The normalized spacial score (nSPS) is 17.9. The number of hydrogen-bond donors (Lipinski definition) is 1. The van der Waals surface area contributed by atoms with Crippen molar-refractivity contribution >= 4 is 18.4 Å². The van der Waals surface area contributed by atoms with Gasteiger partial charge in [-0.25, -0.2) is 0 Å². The molecule has 0 radical (unpaired) electrons. The molecule has 1 rings (SSSR count). The van der Waals surface area contributed by atoms with E-state index in [1.807, 2.05) is 0 Å². The van der Waals surface area contributed by atoms with Gasteiger partial charge in [-0.2, -0.15) is 0 Å². The smallest absolute Gasteiger partial charge is 0.306 e. The van der Waals surface area contributed by atoms with E-state index in [0.29, 0.717) is 18.9 Å². The van der Waals surface area contributed by atoms with Crippen LogP contribution in [0.1, 0.15) is 52.4 Å². The molecule has 1 aliphatic rings. The summed E-state index contributed by atoms with van der Waals surface area (Å²) in [5.74, 6) is 0.824. The van der Waals surface area contributed by atoms with Crippen molar-refractivity contribution in [2.45, 2.75) is 58.5 Å². The molecule has 0 aliphatic heterocycles. The van der Waals surface area contributed by atoms with Gasteiger partial charge in [0.1, 0.15) is 6.10 Å². The van der Waals surface area contributed by atoms with E-state index in [4.69, 9.17) is 10.5 Å². The van der Waals surface area contributed by atoms with Crippen LogP contribution in [0, 0.1) is 11.8 Å². The van der Waals surface area contributed by atoms with Crippen LogP contribution in [0.25, 0.3) is 0 Å². The maximum atomic E-state index is 11.7. The molecule has 1 saturated carbocycles. The Bertz CT molecular complexity index is 215. The fourth-order valence-corrected chi connectivity index (χ4v) is 2.41. The lowest BCUT2D eigenvalue weighted by Gasteiger charge is -2.18. The third-order valence-electron chi connectivity index (χ3n) is 3.19. The van der Waals surface area contributed by atoms with Crippen molar-refractivity contribution in [3.63, 3.8) is 0 Å². The monoisotopic (exact) mass is 263 g/mol. The van der Waals surface area contributed by atoms with Crippen molar-refractivity contribution in [3.8, 4) is 0 Å². The fourth-order valence-electron chi connectivity index (χ4n) is 2.41. The Hall–Kier alpha value is -0.280. The molecule has 0 heterocycles. The van der Waals surface area contributed by atoms with Crippen LogP contribution in [0.4, 0.5) is 0 Å². The first-order valence-corrected chi connectivity index (χ1v) is 6.51. The average Bonchev–Trinajstić information content (AvgIpc) is 2.68. The van der Waals surface area contributed by atoms with Crippen molar-refractivity contribution in [3.05, 3.63) is 0 Å². The zero-order valence-corrected chi connectivity index (χ0v) is 11.8. The zero-order chi connectivity index (χ0) is 12.0. The first kappa shape index (κ1) is 16.7. The van der Waals surface area contributed by atoms with Gasteiger partial charge in [0.25, 0.3) is 0 Å². The maximum Gasteiger partial charge on any atom is 0.306 e. The van der Waals surface area contributed by atoms with Crippen LogP contribution in [0.5, 0.6) is 0 Å². The second-order valence-corrected chi connectivity index (χ2v) is 5.33. The van der Waals surface area contributed by atoms with Gasteiger partial charge in [0.2, 0.25) is 0 Å². The number of rotatable bonds is 6. The van der Waals surface area contributed by atoms with Gasteiger partial charge in [0.15, 0.2) is 0 Å². The number of nitrogens with two attached hydrogens (primary N) is 1. The molecule has 3 nitrogen and oxygen atoms in total. The number of ether oxygens (including phenoxy) is 1. The standard InChI is InChI=1S/C13H25NO2.ClH/c1-10(2)7-11(9-14)8-13(15)16-12-5-3-4-6-12;/h10-12H,3-9,14H2,1-2H3;1H. The summed E-state index contributed by atoms with van der Waals surface area (Å²) < 4.78 is 5.43. The van der Waals surface area contributed by atoms with Crippen molar-refractivity contribution in [2.75, 3.05) is 6.54 Å². The van der Waals surface area contributed by atoms with Crippen molar-refractivity contribution in [1.82, 2.24) is 0 Å². The highest BCUT2D eigenvalue weighted by Gasteiger charge is 2.21. The molecule has 0 bridgehead atoms. The number of carbonyl (C=O) groups is 1. The lowest BCUT2D eigenvalue weighted by Crippen LogP contribution is -2.23. The number of carbonyl (C=O) groups excluding carboxylic acids is 1. The van der Waals surface area contributed by atoms with Crippen LogP contribution in [-0.2, 0) is 9.53 Å². The molecule has 102 valence electrons. The molecule has 1 atom stereocenters. The quantitative estimate of drug-likeness (QED) is 0.750. The Morgan fingerprint density at radius 1 is 1.35 bits per heavy atom. The SMILES string of the molecule is CC(C)CC(CN)CC(=O)OC1CCCC1.Cl. The number of hydrogen-bond acceptors (Lipinski definition) is 3. The van der Waals surface area contributed by atoms with E-state index < -0.39 is 0 Å². The minimum Gasteiger partial charge on any atom is -0.462 e. The van der Waals surface area contributed by atoms with Gasteiger partial charge in [0.05, 0.1) is 0 Å². The van der Waals surface area contributed by atoms with Crippen molar-refractivity contribution in [2.24, 2.45) is 17.6 Å². The highest BCUT2D eigenvalue weighted by molar-refractivity contribution is 5.85. The topological polar surface area (TPSA) is 52.3 Å². The van der Waals surface area contributed by atoms with E-state index in [0.717, 1.165) is 19.3 Å². The lowest BCUT2D eigenvalue weighted by molar-refractivity contribution is -0.149. The highest BCUT2D eigenvalue weighted by atomic mass is 35.5. The molecule has 2 N–H and O–H groups in total. The third kappa shape index (κ3) is 6.89. The molecule has 4 heteroatoms. The van der Waals surface area contributed by atoms with Crippen LogP contribution in [-0.4, -0.2) is 18.6 Å². The number of esters is 1. The van der Waals surface area contributed by atoms with Crippen LogP contribution < -0.4 is 5.73 Å². The predicted molar refractivity (Wildman–Crippen MR) is 72.2 cm³/mol. The van der Waals surface area contributed by atoms with Crippen LogP contribution in [0.15, 0.2) is 0 Å². The molecule has 17 heavy (non-hydrogen) atoms. The highest BCUT2D eigenvalue weighted by Crippen LogP contribution is 2.22. The van der Waals surface area contributed by atoms with E-state index >= 15 is 0 Å². The summed E-state index contributed by atoms with van der Waals surface area (Å²) in [6.07, 6.45) is 6.17. The second-order valence-electron chi connectivity index (χ2n) is 5.33. The summed E-state index contributed by atoms with van der Waals surface area (Å²) in [6, 6.07) is 0. The summed E-state index contributed by atoms with van der Waals surface area (Å²) in [6.45, 7) is 4.90. The molecule has 1 unspecified atom stereocenters. The van der Waals surface area contributed by atoms with E-state index in [9.17, 15) is 4.79 Å². The van der Waals surface area contributed by atoms with E-state index in [1.165, 1.54) is 12.8 Å². The van der Waals surface area contributed by atoms with Gasteiger partial charge >= 0.3 is 5.97 Å². The third-order valence-corrected chi connectivity index (χ3v) is 3.19. The Balaban J connectivity index is 0.00000256. The van der Waals surface area contributed by atoms with Gasteiger partial charge < -0.3 is 10.5 Å². The minimum absolute atomic E-state index is 0. The predicted octanol–water partition coefficient (Wildman–Crippen LogP) is 2.91. The Morgan fingerprint density at radius 2 is 1.94 bits per heavy atom. The molecule has 0 aromatic rings. The average molecular weight is 264 g/mol. The minimum atomic E-state index is -0.0528. The van der Waals surface area contributed by atoms with E-state index in [2.05, 4.69) is 13.8 Å². The van der Waals surface area contributed by atoms with Gasteiger partial charge in [-0.3, -0.25) is 4.79 Å². The lowest BCUT2D eigenvalue weighted by atomic mass is 9.94. The van der Waals surface area contributed by atoms with E-state index in [-0.39, 0.29) is 30.4 Å². The Morgan fingerprint density at radius 3 is 2.41 bits per heavy atom. The first-order valence-electron chi connectivity index (χ1n) is 6.51. The first-order chi connectivity index (χ1) is 7.61. The molecule has 0 aromatic heterocycles. The van der Waals surface area contributed by atoms with E-state index in [1.54, 1.807) is 0 Å². The molecular weight excluding hydrogens is 238 g/mol. The molecular formula is C13H26ClNO2. The van der Waals surface area contributed by atoms with Crippen LogP contribution in [0.3, 0.4) is 0 Å². The van der Waals surface area contributed by atoms with Crippen LogP contribution >= 0.6 is 12.4 Å². The molecule has 0 spiro atoms. The summed E-state index contributed by atoms with van der Waals surface area (Å²) in [4.78, 5) is 11.7. The summed E-state index contributed by atoms with van der Waals surface area (Å²) in [5.41, 5.74) is 5.67. The molecule has 0 aromatic carbocycles. The maximum absolute atomic E-state index is 11.7. The number of halogens is 1. The van der Waals surface area contributed by atoms with Gasteiger partial charge in [-0.05, 0) is 50.5 Å². The summed E-state index contributed by atoms with van der Waals surface area (Å²) in [7, 11) is 0. The van der Waals surface area contributed by atoms with Gasteiger partial charge in [-0.1, -0.05) is 13.8 Å². The van der Waals surface area contributed by atoms with Crippen molar-refractivity contribution in [1.29, 1.82) is 0 Å². The molecule has 1 fully saturated rings. The van der Waals surface area contributed by atoms with Gasteiger partial charge in [-0.15, -0.1) is 12.4 Å². The fraction of sp³-hybridized carbons (Fsp3) is 0.923. The molecule has 0 amide bonds. The summed E-state index contributed by atoms with van der Waals surface area (Å²) in [5, 5.41) is 0. The largest absolute Gasteiger partial charge is 0.462 e. The Kier molecular flexibility index (Phi) is 8.61. The Labute approximate surface area is 111 Å². The summed E-state index contributed by atoms with van der Waals surface area (Å²) >= 11 is 0. The van der Waals surface area contributed by atoms with Crippen LogP contribution in [0.2, 0.25) is 0 Å². The molecule has 1 aliphatic carbocycles.